The van der Waals surface area contributed by atoms with Gasteiger partial charge in [0.25, 0.3) is 5.56 Å². The van der Waals surface area contributed by atoms with Crippen molar-refractivity contribution in [2.24, 2.45) is 0 Å². The van der Waals surface area contributed by atoms with E-state index in [-0.39, 0.29) is 17.1 Å². The molecule has 0 unspecified atom stereocenters. The minimum Gasteiger partial charge on any atom is -0.507 e. The van der Waals surface area contributed by atoms with Crippen LogP contribution in [0.15, 0.2) is 41.2 Å². The van der Waals surface area contributed by atoms with Crippen molar-refractivity contribution in [1.29, 1.82) is 0 Å². The predicted molar refractivity (Wildman–Crippen MR) is 91.8 cm³/mol. The molecule has 0 atom stereocenters. The van der Waals surface area contributed by atoms with Crippen molar-refractivity contribution in [3.8, 4) is 11.5 Å². The molecule has 0 aliphatic carbocycles. The lowest BCUT2D eigenvalue weighted by Gasteiger charge is -2.10. The zero-order chi connectivity index (χ0) is 16.1. The Labute approximate surface area is 132 Å². The molecular formula is C19H17NO3. The molecule has 2 aromatic carbocycles. The molecule has 2 N–H and O–H groups in total. The molecule has 0 amide bonds. The second-order valence-electron chi connectivity index (χ2n) is 5.94. The lowest BCUT2D eigenvalue weighted by atomic mass is 10.0. The Kier molecular flexibility index (Phi) is 2.94. The number of phenols is 1. The molecule has 0 radical (unpaired) electrons. The lowest BCUT2D eigenvalue weighted by molar-refractivity contribution is 0.457. The monoisotopic (exact) mass is 307 g/mol. The van der Waals surface area contributed by atoms with Crippen LogP contribution in [0.4, 0.5) is 0 Å². The number of aromatic nitrogens is 1. The summed E-state index contributed by atoms with van der Waals surface area (Å²) in [6.45, 7) is 2.04. The van der Waals surface area contributed by atoms with Crippen molar-refractivity contribution in [2.75, 3.05) is 0 Å². The number of pyridine rings is 1. The molecule has 0 aliphatic rings. The summed E-state index contributed by atoms with van der Waals surface area (Å²) in [5, 5.41) is 23.1. The Hall–Kier alpha value is -2.75. The molecule has 4 rings (SSSR count). The molecule has 0 saturated heterocycles. The van der Waals surface area contributed by atoms with Crippen LogP contribution in [0.3, 0.4) is 0 Å². The fourth-order valence-electron chi connectivity index (χ4n) is 3.46. The lowest BCUT2D eigenvalue weighted by Crippen LogP contribution is -2.18. The Morgan fingerprint density at radius 2 is 1.83 bits per heavy atom. The minimum absolute atomic E-state index is 0.000514. The van der Waals surface area contributed by atoms with Gasteiger partial charge in [0.05, 0.1) is 22.0 Å². The van der Waals surface area contributed by atoms with Crippen molar-refractivity contribution >= 4 is 27.2 Å². The summed E-state index contributed by atoms with van der Waals surface area (Å²) in [6.07, 6.45) is 2.25. The summed E-state index contributed by atoms with van der Waals surface area (Å²) in [5.74, 6) is -0.0811. The molecule has 0 aliphatic heterocycles. The number of rotatable bonds is 3. The van der Waals surface area contributed by atoms with Crippen LogP contribution in [-0.2, 0) is 6.42 Å². The molecule has 2 aromatic heterocycles. The van der Waals surface area contributed by atoms with Crippen LogP contribution in [-0.4, -0.2) is 14.6 Å². The summed E-state index contributed by atoms with van der Waals surface area (Å²) < 4.78 is 1.63. The van der Waals surface area contributed by atoms with Gasteiger partial charge in [0.2, 0.25) is 0 Å². The van der Waals surface area contributed by atoms with E-state index < -0.39 is 0 Å². The molecular weight excluding hydrogens is 290 g/mol. The maximum atomic E-state index is 13.0. The summed E-state index contributed by atoms with van der Waals surface area (Å²) >= 11 is 0. The number of fused-ring (bicyclic) bond motifs is 3. The van der Waals surface area contributed by atoms with Crippen molar-refractivity contribution < 1.29 is 10.2 Å². The Balaban J connectivity index is 2.31. The number of hydrogen-bond acceptors (Lipinski definition) is 3. The zero-order valence-electron chi connectivity index (χ0n) is 12.8. The first-order valence-corrected chi connectivity index (χ1v) is 7.87. The average Bonchev–Trinajstić information content (AvgIpc) is 2.88. The number of nitrogens with zero attached hydrogens (tertiary/aromatic N) is 1. The highest BCUT2D eigenvalue weighted by Gasteiger charge is 2.22. The van der Waals surface area contributed by atoms with Gasteiger partial charge < -0.3 is 10.2 Å². The first-order chi connectivity index (χ1) is 11.1. The molecule has 116 valence electrons. The fraction of sp³-hybridized carbons (Fsp3) is 0.211. The van der Waals surface area contributed by atoms with Crippen molar-refractivity contribution in [3.63, 3.8) is 0 Å². The van der Waals surface area contributed by atoms with Gasteiger partial charge in [-0.3, -0.25) is 9.20 Å². The van der Waals surface area contributed by atoms with Crippen molar-refractivity contribution in [2.45, 2.75) is 26.2 Å². The molecule has 0 saturated carbocycles. The van der Waals surface area contributed by atoms with Crippen LogP contribution in [0.1, 0.15) is 25.3 Å². The Morgan fingerprint density at radius 1 is 1.04 bits per heavy atom. The van der Waals surface area contributed by atoms with Crippen molar-refractivity contribution in [1.82, 2.24) is 4.40 Å². The standard InChI is InChI=1S/C19H17NO3/c1-2-3-6-13-18(22)16-15(21)10-9-12-11-7-4-5-8-14(11)20(17(12)16)19(13)23/h4-5,7-10,21-22H,2-3,6H2,1H3. The second kappa shape index (κ2) is 4.88. The van der Waals surface area contributed by atoms with Gasteiger partial charge in [-0.15, -0.1) is 0 Å². The van der Waals surface area contributed by atoms with Gasteiger partial charge in [0.15, 0.2) is 0 Å². The average molecular weight is 307 g/mol. The number of benzene rings is 2. The van der Waals surface area contributed by atoms with E-state index in [2.05, 4.69) is 0 Å². The van der Waals surface area contributed by atoms with Gasteiger partial charge in [0.1, 0.15) is 11.5 Å². The van der Waals surface area contributed by atoms with Crippen LogP contribution >= 0.6 is 0 Å². The maximum absolute atomic E-state index is 13.0. The largest absolute Gasteiger partial charge is 0.507 e. The number of para-hydroxylation sites is 1. The molecule has 0 spiro atoms. The van der Waals surface area contributed by atoms with E-state index in [1.807, 2.05) is 31.2 Å². The molecule has 2 heterocycles. The number of aromatic hydroxyl groups is 2. The van der Waals surface area contributed by atoms with E-state index in [9.17, 15) is 15.0 Å². The molecule has 4 heteroatoms. The van der Waals surface area contributed by atoms with E-state index >= 15 is 0 Å². The normalized spacial score (nSPS) is 11.9. The third-order valence-corrected chi connectivity index (χ3v) is 4.58. The van der Waals surface area contributed by atoms with E-state index in [0.717, 1.165) is 29.1 Å². The van der Waals surface area contributed by atoms with E-state index in [4.69, 9.17) is 0 Å². The minimum atomic E-state index is -0.194. The van der Waals surface area contributed by atoms with Crippen LogP contribution < -0.4 is 5.56 Å². The van der Waals surface area contributed by atoms with E-state index in [1.54, 1.807) is 16.5 Å². The van der Waals surface area contributed by atoms with Gasteiger partial charge in [-0.25, -0.2) is 0 Å². The third kappa shape index (κ3) is 1.75. The van der Waals surface area contributed by atoms with Crippen LogP contribution in [0.25, 0.3) is 27.2 Å². The molecule has 23 heavy (non-hydrogen) atoms. The molecule has 0 fully saturated rings. The van der Waals surface area contributed by atoms with Crippen molar-refractivity contribution in [3.05, 3.63) is 52.3 Å². The summed E-state index contributed by atoms with van der Waals surface area (Å²) in [6, 6.07) is 11.0. The smallest absolute Gasteiger partial charge is 0.262 e. The first kappa shape index (κ1) is 13.9. The van der Waals surface area contributed by atoms with Gasteiger partial charge in [-0.1, -0.05) is 31.5 Å². The molecule has 0 bridgehead atoms. The Morgan fingerprint density at radius 3 is 2.61 bits per heavy atom. The number of phenolic OH excluding ortho intramolecular Hbond substituents is 1. The quantitative estimate of drug-likeness (QED) is 0.605. The topological polar surface area (TPSA) is 61.9 Å². The number of hydrogen-bond donors (Lipinski definition) is 2. The first-order valence-electron chi connectivity index (χ1n) is 7.87. The van der Waals surface area contributed by atoms with Crippen LogP contribution in [0.2, 0.25) is 0 Å². The highest BCUT2D eigenvalue weighted by atomic mass is 16.3. The molecule has 4 aromatic rings. The van der Waals surface area contributed by atoms with E-state index in [0.29, 0.717) is 22.9 Å². The Bertz CT molecular complexity index is 1090. The summed E-state index contributed by atoms with van der Waals surface area (Å²) in [5.41, 5.74) is 1.58. The fourth-order valence-corrected chi connectivity index (χ4v) is 3.46. The maximum Gasteiger partial charge on any atom is 0.262 e. The van der Waals surface area contributed by atoms with Crippen LogP contribution in [0.5, 0.6) is 11.5 Å². The van der Waals surface area contributed by atoms with Gasteiger partial charge >= 0.3 is 0 Å². The second-order valence-corrected chi connectivity index (χ2v) is 5.94. The SMILES string of the molecule is CCCCc1c(O)c2c(O)ccc3c4ccccc4n(c1=O)c23. The predicted octanol–water partition coefficient (Wildman–Crippen LogP) is 3.80. The zero-order valence-corrected chi connectivity index (χ0v) is 12.8. The molecule has 4 nitrogen and oxygen atoms in total. The van der Waals surface area contributed by atoms with Crippen LogP contribution in [0, 0.1) is 0 Å². The van der Waals surface area contributed by atoms with Gasteiger partial charge in [-0.05, 0) is 31.0 Å². The summed E-state index contributed by atoms with van der Waals surface area (Å²) in [4.78, 5) is 13.0. The summed E-state index contributed by atoms with van der Waals surface area (Å²) in [7, 11) is 0. The van der Waals surface area contributed by atoms with Gasteiger partial charge in [-0.2, -0.15) is 0 Å². The third-order valence-electron chi connectivity index (χ3n) is 4.58. The highest BCUT2D eigenvalue weighted by molar-refractivity contribution is 6.16. The highest BCUT2D eigenvalue weighted by Crippen LogP contribution is 2.40. The number of unbranched alkanes of at least 4 members (excludes halogenated alkanes) is 1. The van der Waals surface area contributed by atoms with E-state index in [1.165, 1.54) is 0 Å². The van der Waals surface area contributed by atoms with Gasteiger partial charge in [0, 0.05) is 10.8 Å².